The molecule has 0 fully saturated rings. The van der Waals surface area contributed by atoms with Crippen LogP contribution in [0.15, 0.2) is 53.4 Å². The molecular weight excluding hydrogens is 506 g/mol. The Morgan fingerprint density at radius 2 is 1.89 bits per heavy atom. The van der Waals surface area contributed by atoms with Crippen LogP contribution in [-0.2, 0) is 9.59 Å². The molecule has 0 spiro atoms. The number of rotatable bonds is 9. The summed E-state index contributed by atoms with van der Waals surface area (Å²) in [6, 6.07) is 11.9. The Balaban J connectivity index is 1.50. The maximum absolute atomic E-state index is 12.6. The Hall–Kier alpha value is -3.60. The predicted octanol–water partition coefficient (Wildman–Crippen LogP) is 5.37. The Morgan fingerprint density at radius 3 is 2.54 bits per heavy atom. The SMILES string of the molecule is CCN(C)CCOc1ccc(-c2sc3nc(-c4cccs4)nc(NN4C(=O)C=C(C)C4=O)c3c2C)cc1. The van der Waals surface area contributed by atoms with Crippen LogP contribution in [0, 0.1) is 6.92 Å². The van der Waals surface area contributed by atoms with Crippen LogP contribution in [0.4, 0.5) is 5.82 Å². The molecule has 0 aliphatic carbocycles. The van der Waals surface area contributed by atoms with E-state index in [0.29, 0.717) is 23.8 Å². The third-order valence-corrected chi connectivity index (χ3v) is 8.35. The molecule has 0 bridgehead atoms. The molecule has 10 heteroatoms. The second-order valence-electron chi connectivity index (χ2n) is 8.80. The van der Waals surface area contributed by atoms with Gasteiger partial charge in [0.15, 0.2) is 11.6 Å². The first-order valence-electron chi connectivity index (χ1n) is 12.0. The molecule has 2 amide bonds. The zero-order valence-corrected chi connectivity index (χ0v) is 22.7. The zero-order chi connectivity index (χ0) is 26.1. The molecule has 5 rings (SSSR count). The summed E-state index contributed by atoms with van der Waals surface area (Å²) in [7, 11) is 2.07. The lowest BCUT2D eigenvalue weighted by molar-refractivity contribution is -0.135. The number of hydrazine groups is 1. The van der Waals surface area contributed by atoms with Gasteiger partial charge in [-0.05, 0) is 74.3 Å². The molecule has 4 heterocycles. The smallest absolute Gasteiger partial charge is 0.275 e. The maximum Gasteiger partial charge on any atom is 0.275 e. The topological polar surface area (TPSA) is 87.7 Å². The summed E-state index contributed by atoms with van der Waals surface area (Å²) in [5.74, 6) is 0.993. The van der Waals surface area contributed by atoms with Crippen LogP contribution in [0.1, 0.15) is 19.4 Å². The minimum atomic E-state index is -0.416. The molecule has 1 aliphatic heterocycles. The lowest BCUT2D eigenvalue weighted by Crippen LogP contribution is -2.36. The number of anilines is 1. The molecule has 1 aliphatic rings. The van der Waals surface area contributed by atoms with Gasteiger partial charge in [0.1, 0.15) is 17.2 Å². The average Bonchev–Trinajstić information content (AvgIpc) is 3.60. The first-order chi connectivity index (χ1) is 17.9. The van der Waals surface area contributed by atoms with E-state index in [0.717, 1.165) is 54.9 Å². The van der Waals surface area contributed by atoms with Crippen molar-refractivity contribution in [3.8, 4) is 26.9 Å². The highest BCUT2D eigenvalue weighted by atomic mass is 32.1. The van der Waals surface area contributed by atoms with Gasteiger partial charge in [0.2, 0.25) is 0 Å². The minimum absolute atomic E-state index is 0.382. The zero-order valence-electron chi connectivity index (χ0n) is 21.1. The van der Waals surface area contributed by atoms with Crippen molar-refractivity contribution in [3.63, 3.8) is 0 Å². The third kappa shape index (κ3) is 5.00. The number of nitrogens with one attached hydrogen (secondary N) is 1. The van der Waals surface area contributed by atoms with Crippen molar-refractivity contribution >= 4 is 50.5 Å². The Labute approximate surface area is 223 Å². The van der Waals surface area contributed by atoms with Crippen molar-refractivity contribution in [2.75, 3.05) is 32.2 Å². The van der Waals surface area contributed by atoms with Crippen LogP contribution < -0.4 is 10.2 Å². The standard InChI is InChI=1S/C27H27N5O3S2/c1-5-31(4)12-13-35-19-10-8-18(9-11-19)23-17(3)22-25(30-32-21(33)15-16(2)27(32)34)28-24(29-26(22)37-23)20-7-6-14-36-20/h6-11,14-15H,5,12-13H2,1-4H3,(H,28,29,30). The molecule has 0 radical (unpaired) electrons. The summed E-state index contributed by atoms with van der Waals surface area (Å²) in [4.78, 5) is 39.5. The highest BCUT2D eigenvalue weighted by Crippen LogP contribution is 2.42. The number of fused-ring (bicyclic) bond motifs is 1. The van der Waals surface area contributed by atoms with E-state index < -0.39 is 5.91 Å². The first kappa shape index (κ1) is 25.1. The van der Waals surface area contributed by atoms with E-state index in [2.05, 4.69) is 24.3 Å². The van der Waals surface area contributed by atoms with Gasteiger partial charge in [0.25, 0.3) is 11.8 Å². The van der Waals surface area contributed by atoms with Crippen molar-refractivity contribution in [3.05, 3.63) is 59.0 Å². The summed E-state index contributed by atoms with van der Waals surface area (Å²) in [6.45, 7) is 8.23. The van der Waals surface area contributed by atoms with E-state index in [-0.39, 0.29) is 5.91 Å². The fourth-order valence-electron chi connectivity index (χ4n) is 3.99. The van der Waals surface area contributed by atoms with Crippen LogP contribution in [-0.4, -0.2) is 58.4 Å². The lowest BCUT2D eigenvalue weighted by Gasteiger charge is -2.17. The normalized spacial score (nSPS) is 13.6. The number of carbonyl (C=O) groups is 2. The lowest BCUT2D eigenvalue weighted by atomic mass is 10.1. The van der Waals surface area contributed by atoms with Crippen molar-refractivity contribution in [2.24, 2.45) is 0 Å². The maximum atomic E-state index is 12.6. The number of benzene rings is 1. The average molecular weight is 534 g/mol. The number of amides is 2. The molecule has 190 valence electrons. The predicted molar refractivity (Wildman–Crippen MR) is 149 cm³/mol. The van der Waals surface area contributed by atoms with E-state index in [1.807, 2.05) is 48.7 Å². The molecule has 0 unspecified atom stereocenters. The summed E-state index contributed by atoms with van der Waals surface area (Å²) in [5, 5.41) is 3.76. The monoisotopic (exact) mass is 533 g/mol. The number of nitrogens with zero attached hydrogens (tertiary/aromatic N) is 4. The molecule has 8 nitrogen and oxygen atoms in total. The van der Waals surface area contributed by atoms with E-state index in [1.165, 1.54) is 17.4 Å². The van der Waals surface area contributed by atoms with Gasteiger partial charge in [-0.2, -0.15) is 5.01 Å². The highest BCUT2D eigenvalue weighted by Gasteiger charge is 2.30. The number of hydrogen-bond donors (Lipinski definition) is 1. The number of ether oxygens (including phenoxy) is 1. The highest BCUT2D eigenvalue weighted by molar-refractivity contribution is 7.22. The van der Waals surface area contributed by atoms with Crippen molar-refractivity contribution in [1.82, 2.24) is 19.9 Å². The molecular formula is C27H27N5O3S2. The van der Waals surface area contributed by atoms with Crippen LogP contribution in [0.5, 0.6) is 5.75 Å². The Bertz CT molecular complexity index is 1490. The van der Waals surface area contributed by atoms with Crippen LogP contribution in [0.25, 0.3) is 31.4 Å². The largest absolute Gasteiger partial charge is 0.492 e. The quantitative estimate of drug-likeness (QED) is 0.290. The number of aromatic nitrogens is 2. The minimum Gasteiger partial charge on any atom is -0.492 e. The number of hydrogen-bond acceptors (Lipinski definition) is 9. The number of imide groups is 1. The number of aryl methyl sites for hydroxylation is 1. The van der Waals surface area contributed by atoms with E-state index in [4.69, 9.17) is 14.7 Å². The molecule has 0 saturated heterocycles. The van der Waals surface area contributed by atoms with Crippen LogP contribution in [0.2, 0.25) is 0 Å². The first-order valence-corrected chi connectivity index (χ1v) is 13.7. The van der Waals surface area contributed by atoms with Gasteiger partial charge in [-0.3, -0.25) is 15.0 Å². The molecule has 1 aromatic carbocycles. The summed E-state index contributed by atoms with van der Waals surface area (Å²) in [5.41, 5.74) is 5.38. The molecule has 3 aromatic heterocycles. The Kier molecular flexibility index (Phi) is 7.05. The van der Waals surface area contributed by atoms with Crippen molar-refractivity contribution < 1.29 is 14.3 Å². The van der Waals surface area contributed by atoms with Gasteiger partial charge in [0, 0.05) is 23.1 Å². The molecule has 0 atom stereocenters. The van der Waals surface area contributed by atoms with E-state index in [1.54, 1.807) is 18.3 Å². The fourth-order valence-corrected chi connectivity index (χ4v) is 5.83. The van der Waals surface area contributed by atoms with Gasteiger partial charge in [-0.15, -0.1) is 22.7 Å². The second kappa shape index (κ2) is 10.4. The van der Waals surface area contributed by atoms with E-state index >= 15 is 0 Å². The van der Waals surface area contributed by atoms with Crippen molar-refractivity contribution in [2.45, 2.75) is 20.8 Å². The Morgan fingerprint density at radius 1 is 1.11 bits per heavy atom. The summed E-state index contributed by atoms with van der Waals surface area (Å²) in [6.07, 6.45) is 1.32. The number of likely N-dealkylation sites (N-methyl/N-ethyl adjacent to an activating group) is 1. The van der Waals surface area contributed by atoms with Gasteiger partial charge in [-0.25, -0.2) is 9.97 Å². The number of carbonyl (C=O) groups excluding carboxylic acids is 2. The number of thiophene rings is 2. The van der Waals surface area contributed by atoms with Crippen LogP contribution >= 0.6 is 22.7 Å². The van der Waals surface area contributed by atoms with Crippen molar-refractivity contribution in [1.29, 1.82) is 0 Å². The summed E-state index contributed by atoms with van der Waals surface area (Å²) < 4.78 is 5.89. The van der Waals surface area contributed by atoms with Gasteiger partial charge in [0.05, 0.1) is 10.3 Å². The fraction of sp³-hybridized carbons (Fsp3) is 0.259. The summed E-state index contributed by atoms with van der Waals surface area (Å²) >= 11 is 3.09. The molecule has 4 aromatic rings. The van der Waals surface area contributed by atoms with E-state index in [9.17, 15) is 9.59 Å². The molecule has 0 saturated carbocycles. The van der Waals surface area contributed by atoms with Crippen LogP contribution in [0.3, 0.4) is 0 Å². The van der Waals surface area contributed by atoms with Gasteiger partial charge in [-0.1, -0.05) is 13.0 Å². The molecule has 1 N–H and O–H groups in total. The third-order valence-electron chi connectivity index (χ3n) is 6.25. The molecule has 37 heavy (non-hydrogen) atoms. The second-order valence-corrected chi connectivity index (χ2v) is 10.7. The van der Waals surface area contributed by atoms with Gasteiger partial charge >= 0.3 is 0 Å². The van der Waals surface area contributed by atoms with Gasteiger partial charge < -0.3 is 9.64 Å².